The molecule has 4 heteroatoms. The first-order valence-electron chi connectivity index (χ1n) is 6.38. The van der Waals surface area contributed by atoms with Crippen LogP contribution in [-0.2, 0) is 0 Å². The largest absolute Gasteiger partial charge is 0.398 e. The molecule has 1 aromatic rings. The lowest BCUT2D eigenvalue weighted by Crippen LogP contribution is -2.43. The summed E-state index contributed by atoms with van der Waals surface area (Å²) in [7, 11) is 1.73. The Morgan fingerprint density at radius 2 is 1.89 bits per heavy atom. The molecule has 0 heterocycles. The van der Waals surface area contributed by atoms with Gasteiger partial charge in [0.2, 0.25) is 0 Å². The number of carbonyl (C=O) groups excluding carboxylic acids is 1. The van der Waals surface area contributed by atoms with E-state index >= 15 is 0 Å². The fourth-order valence-electron chi connectivity index (χ4n) is 1.78. The molecule has 106 valence electrons. The number of hydrogen-bond donors (Lipinski definition) is 1. The normalized spacial score (nSPS) is 13.2. The quantitative estimate of drug-likeness (QED) is 0.835. The Bertz CT molecular complexity index is 468. The number of nitrogens with two attached hydrogens (primary N) is 1. The molecule has 1 rings (SSSR count). The first-order valence-corrected chi connectivity index (χ1v) is 6.38. The van der Waals surface area contributed by atoms with Crippen molar-refractivity contribution in [3.63, 3.8) is 0 Å². The minimum atomic E-state index is -0.444. The van der Waals surface area contributed by atoms with Crippen molar-refractivity contribution in [3.8, 4) is 0 Å². The van der Waals surface area contributed by atoms with Crippen LogP contribution in [0.2, 0.25) is 0 Å². The van der Waals surface area contributed by atoms with Gasteiger partial charge in [-0.15, -0.1) is 0 Å². The van der Waals surface area contributed by atoms with E-state index in [1.807, 2.05) is 6.92 Å². The third kappa shape index (κ3) is 3.25. The van der Waals surface area contributed by atoms with Crippen LogP contribution in [0.5, 0.6) is 0 Å². The standard InChI is InChI=1S/C15H23FN2O/c1-9-12(16)7-11(8-13(9)17)14(19)18(6)10(2)15(3,4)5/h7-8,10H,17H2,1-6H3. The van der Waals surface area contributed by atoms with Gasteiger partial charge in [0.25, 0.3) is 5.91 Å². The summed E-state index contributed by atoms with van der Waals surface area (Å²) in [6, 6.07) is 2.82. The Labute approximate surface area is 114 Å². The fourth-order valence-corrected chi connectivity index (χ4v) is 1.78. The number of nitrogen functional groups attached to an aromatic ring is 1. The number of benzene rings is 1. The van der Waals surface area contributed by atoms with Crippen molar-refractivity contribution >= 4 is 11.6 Å². The van der Waals surface area contributed by atoms with Crippen LogP contribution in [0.1, 0.15) is 43.6 Å². The molecule has 1 unspecified atom stereocenters. The molecule has 0 aliphatic carbocycles. The van der Waals surface area contributed by atoms with Crippen LogP contribution < -0.4 is 5.73 Å². The molecule has 0 aliphatic rings. The molecule has 0 bridgehead atoms. The summed E-state index contributed by atoms with van der Waals surface area (Å²) in [5.41, 5.74) is 6.64. The summed E-state index contributed by atoms with van der Waals surface area (Å²) in [4.78, 5) is 14.0. The van der Waals surface area contributed by atoms with Crippen molar-refractivity contribution in [3.05, 3.63) is 29.1 Å². The van der Waals surface area contributed by atoms with Crippen LogP contribution in [0.4, 0.5) is 10.1 Å². The van der Waals surface area contributed by atoms with E-state index in [1.165, 1.54) is 12.1 Å². The third-order valence-corrected chi connectivity index (χ3v) is 3.79. The predicted octanol–water partition coefficient (Wildman–Crippen LogP) is 3.22. The Hall–Kier alpha value is -1.58. The Morgan fingerprint density at radius 3 is 2.32 bits per heavy atom. The summed E-state index contributed by atoms with van der Waals surface area (Å²) in [6.45, 7) is 9.76. The number of anilines is 1. The molecule has 0 aromatic heterocycles. The first kappa shape index (κ1) is 15.5. The minimum absolute atomic E-state index is 0.0330. The second-order valence-corrected chi connectivity index (χ2v) is 6.13. The van der Waals surface area contributed by atoms with E-state index in [-0.39, 0.29) is 17.4 Å². The average molecular weight is 266 g/mol. The van der Waals surface area contributed by atoms with Crippen LogP contribution in [0.25, 0.3) is 0 Å². The Balaban J connectivity index is 3.08. The molecule has 2 N–H and O–H groups in total. The van der Waals surface area contributed by atoms with E-state index in [1.54, 1.807) is 18.9 Å². The Morgan fingerprint density at radius 1 is 1.37 bits per heavy atom. The van der Waals surface area contributed by atoms with E-state index < -0.39 is 5.82 Å². The summed E-state index contributed by atoms with van der Waals surface area (Å²) in [6.07, 6.45) is 0. The molecular weight excluding hydrogens is 243 g/mol. The second kappa shape index (κ2) is 5.19. The van der Waals surface area contributed by atoms with Crippen LogP contribution in [0, 0.1) is 18.2 Å². The fraction of sp³-hybridized carbons (Fsp3) is 0.533. The molecule has 19 heavy (non-hydrogen) atoms. The van der Waals surface area contributed by atoms with E-state index in [9.17, 15) is 9.18 Å². The van der Waals surface area contributed by atoms with Crippen molar-refractivity contribution in [2.45, 2.75) is 40.7 Å². The smallest absolute Gasteiger partial charge is 0.254 e. The van der Waals surface area contributed by atoms with Gasteiger partial charge in [-0.2, -0.15) is 0 Å². The zero-order chi connectivity index (χ0) is 15.0. The maximum Gasteiger partial charge on any atom is 0.254 e. The molecule has 0 saturated heterocycles. The number of nitrogens with zero attached hydrogens (tertiary/aromatic N) is 1. The SMILES string of the molecule is Cc1c(N)cc(C(=O)N(C)C(C)C(C)(C)C)cc1F. The van der Waals surface area contributed by atoms with Gasteiger partial charge in [0.1, 0.15) is 5.82 Å². The highest BCUT2D eigenvalue weighted by molar-refractivity contribution is 5.95. The molecule has 1 atom stereocenters. The van der Waals surface area contributed by atoms with Crippen LogP contribution in [0.3, 0.4) is 0 Å². The summed E-state index contributed by atoms with van der Waals surface area (Å²) in [5, 5.41) is 0. The van der Waals surface area contributed by atoms with Gasteiger partial charge in [0, 0.05) is 29.9 Å². The number of carbonyl (C=O) groups is 1. The van der Waals surface area contributed by atoms with Crippen LogP contribution >= 0.6 is 0 Å². The number of amides is 1. The van der Waals surface area contributed by atoms with E-state index in [0.717, 1.165) is 0 Å². The molecule has 0 spiro atoms. The zero-order valence-electron chi connectivity index (χ0n) is 12.5. The van der Waals surface area contributed by atoms with Crippen molar-refractivity contribution in [1.82, 2.24) is 4.90 Å². The second-order valence-electron chi connectivity index (χ2n) is 6.13. The maximum absolute atomic E-state index is 13.6. The molecule has 3 nitrogen and oxygen atoms in total. The monoisotopic (exact) mass is 266 g/mol. The van der Waals surface area contributed by atoms with Crippen molar-refractivity contribution in [2.24, 2.45) is 5.41 Å². The number of rotatable bonds is 2. The van der Waals surface area contributed by atoms with Crippen LogP contribution in [-0.4, -0.2) is 23.9 Å². The highest BCUT2D eigenvalue weighted by Crippen LogP contribution is 2.25. The van der Waals surface area contributed by atoms with Gasteiger partial charge in [-0.1, -0.05) is 20.8 Å². The molecular formula is C15H23FN2O. The molecule has 0 aliphatic heterocycles. The zero-order valence-corrected chi connectivity index (χ0v) is 12.5. The summed E-state index contributed by atoms with van der Waals surface area (Å²) >= 11 is 0. The van der Waals surface area contributed by atoms with Gasteiger partial charge in [-0.3, -0.25) is 4.79 Å². The lowest BCUT2D eigenvalue weighted by Gasteiger charge is -2.35. The molecule has 0 radical (unpaired) electrons. The van der Waals surface area contributed by atoms with Crippen molar-refractivity contribution < 1.29 is 9.18 Å². The van der Waals surface area contributed by atoms with Crippen molar-refractivity contribution in [1.29, 1.82) is 0 Å². The van der Waals surface area contributed by atoms with Gasteiger partial charge in [0.05, 0.1) is 0 Å². The van der Waals surface area contributed by atoms with Gasteiger partial charge in [0.15, 0.2) is 0 Å². The molecule has 1 aromatic carbocycles. The van der Waals surface area contributed by atoms with Gasteiger partial charge in [-0.05, 0) is 31.4 Å². The summed E-state index contributed by atoms with van der Waals surface area (Å²) in [5.74, 6) is -0.659. The lowest BCUT2D eigenvalue weighted by atomic mass is 9.87. The van der Waals surface area contributed by atoms with Crippen molar-refractivity contribution in [2.75, 3.05) is 12.8 Å². The topological polar surface area (TPSA) is 46.3 Å². The number of hydrogen-bond acceptors (Lipinski definition) is 2. The van der Waals surface area contributed by atoms with E-state index in [4.69, 9.17) is 5.73 Å². The molecule has 0 fully saturated rings. The van der Waals surface area contributed by atoms with Gasteiger partial charge in [-0.25, -0.2) is 4.39 Å². The van der Waals surface area contributed by atoms with Gasteiger partial charge < -0.3 is 10.6 Å². The minimum Gasteiger partial charge on any atom is -0.398 e. The van der Waals surface area contributed by atoms with E-state index in [0.29, 0.717) is 16.8 Å². The highest BCUT2D eigenvalue weighted by Gasteiger charge is 2.28. The predicted molar refractivity (Wildman–Crippen MR) is 76.6 cm³/mol. The average Bonchev–Trinajstić information content (AvgIpc) is 2.31. The highest BCUT2D eigenvalue weighted by atomic mass is 19.1. The number of halogens is 1. The third-order valence-electron chi connectivity index (χ3n) is 3.79. The van der Waals surface area contributed by atoms with Crippen LogP contribution in [0.15, 0.2) is 12.1 Å². The first-order chi connectivity index (χ1) is 8.55. The lowest BCUT2D eigenvalue weighted by molar-refractivity contribution is 0.0629. The molecule has 1 amide bonds. The summed E-state index contributed by atoms with van der Waals surface area (Å²) < 4.78 is 13.6. The van der Waals surface area contributed by atoms with E-state index in [2.05, 4.69) is 20.8 Å². The maximum atomic E-state index is 13.6. The Kier molecular flexibility index (Phi) is 4.23. The molecule has 0 saturated carbocycles. The van der Waals surface area contributed by atoms with Gasteiger partial charge >= 0.3 is 0 Å².